The monoisotopic (exact) mass is 584 g/mol. The Hall–Kier alpha value is -3.43. The van der Waals surface area contributed by atoms with E-state index >= 15 is 0 Å². The lowest BCUT2D eigenvalue weighted by atomic mass is 10.0. The molecule has 0 heterocycles. The maximum atomic E-state index is 13.3. The molecule has 0 fully saturated rings. The molecule has 232 valence electrons. The van der Waals surface area contributed by atoms with Gasteiger partial charge in [0, 0.05) is 32.4 Å². The number of carboxylic acid groups (broad SMARTS) is 2. The van der Waals surface area contributed by atoms with E-state index in [0.717, 1.165) is 50.8 Å². The number of nitrogens with one attached hydrogen (secondary N) is 1. The van der Waals surface area contributed by atoms with Gasteiger partial charge < -0.3 is 29.9 Å². The Bertz CT molecular complexity index is 1170. The van der Waals surface area contributed by atoms with Gasteiger partial charge >= 0.3 is 11.9 Å². The number of likely N-dealkylation sites (N-methyl/N-ethyl adjacent to an activating group) is 1. The Morgan fingerprint density at radius 1 is 0.786 bits per heavy atom. The van der Waals surface area contributed by atoms with Crippen molar-refractivity contribution in [2.45, 2.75) is 84.8 Å². The number of benzene rings is 2. The normalized spacial score (nSPS) is 12.5. The molecule has 2 aromatic rings. The first kappa shape index (κ1) is 34.8. The minimum absolute atomic E-state index is 0.168. The average Bonchev–Trinajstić information content (AvgIpc) is 2.94. The molecule has 42 heavy (non-hydrogen) atoms. The molecule has 0 radical (unpaired) electrons. The molecule has 0 aliphatic carbocycles. The van der Waals surface area contributed by atoms with Crippen LogP contribution in [0.25, 0.3) is 0 Å². The predicted molar refractivity (Wildman–Crippen MR) is 164 cm³/mol. The van der Waals surface area contributed by atoms with Crippen LogP contribution in [0.1, 0.15) is 66.3 Å². The molecular weight excluding hydrogens is 536 g/mol. The topological polar surface area (TPSA) is 125 Å². The number of aliphatic carboxylic acids is 2. The van der Waals surface area contributed by atoms with Crippen molar-refractivity contribution in [3.8, 4) is 0 Å². The van der Waals surface area contributed by atoms with E-state index in [1.165, 1.54) is 32.7 Å². The zero-order valence-electron chi connectivity index (χ0n) is 25.8. The van der Waals surface area contributed by atoms with Crippen LogP contribution < -0.4 is 5.32 Å². The van der Waals surface area contributed by atoms with E-state index in [0.29, 0.717) is 13.0 Å². The largest absolute Gasteiger partial charge is 0.480 e. The van der Waals surface area contributed by atoms with Gasteiger partial charge in [-0.25, -0.2) is 9.59 Å². The molecule has 0 spiro atoms. The molecule has 0 aliphatic heterocycles. The smallest absolute Gasteiger partial charge is 0.336 e. The highest BCUT2D eigenvalue weighted by Crippen LogP contribution is 2.16. The third-order valence-corrected chi connectivity index (χ3v) is 7.51. The molecule has 3 N–H and O–H groups in total. The van der Waals surface area contributed by atoms with Crippen LogP contribution in [0.4, 0.5) is 5.69 Å². The zero-order chi connectivity index (χ0) is 31.1. The molecule has 2 rings (SSSR count). The molecule has 9 nitrogen and oxygen atoms in total. The summed E-state index contributed by atoms with van der Waals surface area (Å²) >= 11 is 0. The molecule has 2 unspecified atom stereocenters. The van der Waals surface area contributed by atoms with Gasteiger partial charge in [0.25, 0.3) is 5.91 Å². The van der Waals surface area contributed by atoms with Crippen LogP contribution in [0.3, 0.4) is 0 Å². The number of carbonyl (C=O) groups excluding carboxylic acids is 1. The number of hydrogen-bond donors (Lipinski definition) is 3. The van der Waals surface area contributed by atoms with E-state index in [-0.39, 0.29) is 6.61 Å². The summed E-state index contributed by atoms with van der Waals surface area (Å²) in [7, 11) is 1.60. The first-order chi connectivity index (χ1) is 20.0. The van der Waals surface area contributed by atoms with Crippen molar-refractivity contribution in [1.29, 1.82) is 0 Å². The summed E-state index contributed by atoms with van der Waals surface area (Å²) in [6.45, 7) is 8.90. The van der Waals surface area contributed by atoms with Crippen molar-refractivity contribution in [3.05, 3.63) is 64.2 Å². The van der Waals surface area contributed by atoms with Crippen molar-refractivity contribution in [3.63, 3.8) is 0 Å². The Kier molecular flexibility index (Phi) is 15.1. The Morgan fingerprint density at radius 2 is 1.45 bits per heavy atom. The highest BCUT2D eigenvalue weighted by Gasteiger charge is 2.37. The van der Waals surface area contributed by atoms with Crippen molar-refractivity contribution < 1.29 is 34.1 Å². The van der Waals surface area contributed by atoms with Gasteiger partial charge in [-0.15, -0.1) is 0 Å². The second kappa shape index (κ2) is 18.2. The maximum Gasteiger partial charge on any atom is 0.336 e. The lowest BCUT2D eigenvalue weighted by molar-refractivity contribution is -0.175. The van der Waals surface area contributed by atoms with E-state index in [1.54, 1.807) is 7.05 Å². The standard InChI is InChI=1S/C33H48N2O7/c1-23-13-15-27(20-25(23)3)12-8-6-11-19-41-30(31(33(39)40)42-22-29(36)37)32(38)35(5)18-10-7-9-17-34-28-16-14-24(2)26(4)21-28/h13-16,20-21,30-31,34H,6-12,17-19,22H2,1-5H3,(H,36,37)(H,39,40). The van der Waals surface area contributed by atoms with E-state index in [4.69, 9.17) is 14.6 Å². The number of aryl methyl sites for hydroxylation is 5. The Labute approximate surface area is 250 Å². The first-order valence-corrected chi connectivity index (χ1v) is 14.8. The Morgan fingerprint density at radius 3 is 2.10 bits per heavy atom. The van der Waals surface area contributed by atoms with Gasteiger partial charge in [-0.05, 0) is 106 Å². The molecule has 0 saturated carbocycles. The molecule has 1 amide bonds. The van der Waals surface area contributed by atoms with E-state index in [1.807, 2.05) is 0 Å². The number of nitrogens with zero attached hydrogens (tertiary/aromatic N) is 1. The molecule has 0 bridgehead atoms. The van der Waals surface area contributed by atoms with Gasteiger partial charge in [-0.2, -0.15) is 0 Å². The van der Waals surface area contributed by atoms with E-state index in [2.05, 4.69) is 69.4 Å². The second-order valence-corrected chi connectivity index (χ2v) is 11.0. The summed E-state index contributed by atoms with van der Waals surface area (Å²) in [5, 5.41) is 22.1. The molecule has 9 heteroatoms. The molecular formula is C33H48N2O7. The number of ether oxygens (including phenoxy) is 2. The molecule has 2 aromatic carbocycles. The van der Waals surface area contributed by atoms with Crippen LogP contribution in [0.15, 0.2) is 36.4 Å². The van der Waals surface area contributed by atoms with Gasteiger partial charge in [0.15, 0.2) is 12.2 Å². The third kappa shape index (κ3) is 12.2. The fourth-order valence-corrected chi connectivity index (χ4v) is 4.58. The van der Waals surface area contributed by atoms with Crippen LogP contribution in [-0.4, -0.2) is 78.5 Å². The summed E-state index contributed by atoms with van der Waals surface area (Å²) < 4.78 is 10.9. The van der Waals surface area contributed by atoms with Crippen LogP contribution in [-0.2, 0) is 30.3 Å². The quantitative estimate of drug-likeness (QED) is 0.179. The number of rotatable bonds is 20. The first-order valence-electron chi connectivity index (χ1n) is 14.8. The summed E-state index contributed by atoms with van der Waals surface area (Å²) in [5.74, 6) is -3.28. The fraction of sp³-hybridized carbons (Fsp3) is 0.545. The van der Waals surface area contributed by atoms with Crippen molar-refractivity contribution in [2.75, 3.05) is 38.7 Å². The molecule has 0 aliphatic rings. The van der Waals surface area contributed by atoms with E-state index in [9.17, 15) is 19.5 Å². The van der Waals surface area contributed by atoms with Gasteiger partial charge in [0.2, 0.25) is 0 Å². The summed E-state index contributed by atoms with van der Waals surface area (Å²) in [5.41, 5.74) is 7.36. The number of carbonyl (C=O) groups is 3. The predicted octanol–water partition coefficient (Wildman–Crippen LogP) is 5.31. The third-order valence-electron chi connectivity index (χ3n) is 7.51. The van der Waals surface area contributed by atoms with Crippen LogP contribution in [0.5, 0.6) is 0 Å². The SMILES string of the molecule is Cc1ccc(CCCCCOC(C(=O)N(C)CCCCCNc2ccc(C)c(C)c2)C(OCC(=O)O)C(=O)O)cc1C. The van der Waals surface area contributed by atoms with Crippen LogP contribution >= 0.6 is 0 Å². The van der Waals surface area contributed by atoms with E-state index < -0.39 is 36.7 Å². The van der Waals surface area contributed by atoms with Crippen molar-refractivity contribution in [1.82, 2.24) is 4.90 Å². The van der Waals surface area contributed by atoms with Crippen LogP contribution in [0, 0.1) is 27.7 Å². The average molecular weight is 585 g/mol. The number of hydrogen-bond acceptors (Lipinski definition) is 6. The van der Waals surface area contributed by atoms with Gasteiger partial charge in [-0.1, -0.05) is 30.7 Å². The summed E-state index contributed by atoms with van der Waals surface area (Å²) in [4.78, 5) is 37.7. The lowest BCUT2D eigenvalue weighted by Crippen LogP contribution is -2.50. The number of carboxylic acids is 2. The highest BCUT2D eigenvalue weighted by molar-refractivity contribution is 5.88. The van der Waals surface area contributed by atoms with Gasteiger partial charge in [-0.3, -0.25) is 4.79 Å². The molecule has 0 saturated heterocycles. The number of unbranched alkanes of at least 4 members (excludes halogenated alkanes) is 4. The highest BCUT2D eigenvalue weighted by atomic mass is 16.6. The van der Waals surface area contributed by atoms with Gasteiger partial charge in [0.05, 0.1) is 0 Å². The summed E-state index contributed by atoms with van der Waals surface area (Å²) in [6.07, 6.45) is 2.70. The van der Waals surface area contributed by atoms with Crippen molar-refractivity contribution >= 4 is 23.5 Å². The number of anilines is 1. The maximum absolute atomic E-state index is 13.3. The minimum atomic E-state index is -1.71. The van der Waals surface area contributed by atoms with Crippen molar-refractivity contribution in [2.24, 2.45) is 0 Å². The molecule has 0 aromatic heterocycles. The van der Waals surface area contributed by atoms with Gasteiger partial charge in [0.1, 0.15) is 6.61 Å². The Balaban J connectivity index is 1.83. The van der Waals surface area contributed by atoms with Crippen LogP contribution in [0.2, 0.25) is 0 Å². The summed E-state index contributed by atoms with van der Waals surface area (Å²) in [6, 6.07) is 12.7. The zero-order valence-corrected chi connectivity index (χ0v) is 25.8. The molecule has 2 atom stereocenters. The fourth-order valence-electron chi connectivity index (χ4n) is 4.58. The second-order valence-electron chi connectivity index (χ2n) is 11.0. The number of amides is 1. The lowest BCUT2D eigenvalue weighted by Gasteiger charge is -2.27. The minimum Gasteiger partial charge on any atom is -0.480 e.